The van der Waals surface area contributed by atoms with E-state index < -0.39 is 0 Å². The van der Waals surface area contributed by atoms with E-state index in [9.17, 15) is 0 Å². The van der Waals surface area contributed by atoms with Gasteiger partial charge in [0, 0.05) is 25.1 Å². The molecule has 2 fully saturated rings. The lowest BCUT2D eigenvalue weighted by molar-refractivity contribution is -0.177. The van der Waals surface area contributed by atoms with Gasteiger partial charge in [-0.1, -0.05) is 0 Å². The summed E-state index contributed by atoms with van der Waals surface area (Å²) in [5.41, 5.74) is 0.973. The Balaban J connectivity index is 1.60. The predicted molar refractivity (Wildman–Crippen MR) is 80.5 cm³/mol. The summed E-state index contributed by atoms with van der Waals surface area (Å²) >= 11 is 0. The smallest absolute Gasteiger partial charge is 0.237 e. The van der Waals surface area contributed by atoms with E-state index in [1.807, 2.05) is 26.0 Å². The van der Waals surface area contributed by atoms with Crippen LogP contribution in [0.1, 0.15) is 39.5 Å². The molecule has 0 aromatic carbocycles. The molecule has 2 heterocycles. The molecule has 1 aromatic rings. The lowest BCUT2D eigenvalue weighted by atomic mass is 9.90. The highest BCUT2D eigenvalue weighted by Gasteiger charge is 2.40. The second kappa shape index (κ2) is 6.20. The average molecular weight is 292 g/mol. The lowest BCUT2D eigenvalue weighted by Crippen LogP contribution is -2.39. The van der Waals surface area contributed by atoms with Crippen molar-refractivity contribution in [2.45, 2.75) is 57.5 Å². The maximum atomic E-state index is 5.77. The second-order valence-corrected chi connectivity index (χ2v) is 6.05. The van der Waals surface area contributed by atoms with Gasteiger partial charge in [-0.3, -0.25) is 0 Å². The molecule has 1 aliphatic heterocycles. The van der Waals surface area contributed by atoms with Crippen molar-refractivity contribution in [2.75, 3.05) is 18.5 Å². The first-order chi connectivity index (χ1) is 10.2. The van der Waals surface area contributed by atoms with Crippen LogP contribution in [0, 0.1) is 0 Å². The zero-order valence-electron chi connectivity index (χ0n) is 12.8. The fourth-order valence-corrected chi connectivity index (χ4v) is 3.03. The van der Waals surface area contributed by atoms with Crippen LogP contribution < -0.4 is 10.1 Å². The molecule has 5 heteroatoms. The zero-order valence-corrected chi connectivity index (χ0v) is 12.8. The summed E-state index contributed by atoms with van der Waals surface area (Å²) in [6.45, 7) is 5.48. The van der Waals surface area contributed by atoms with Crippen molar-refractivity contribution in [2.24, 2.45) is 0 Å². The molecule has 5 nitrogen and oxygen atoms in total. The standard InChI is InChI=1S/C16H24N2O3/c1-12(2)21-15-14(4-3-9-17-15)18-13-5-7-16(8-6-13)19-10-11-20-16/h3-4,9,12-13,18H,5-8,10-11H2,1-2H3. The summed E-state index contributed by atoms with van der Waals surface area (Å²) in [5.74, 6) is 0.380. The van der Waals surface area contributed by atoms with Crippen molar-refractivity contribution < 1.29 is 14.2 Å². The minimum absolute atomic E-state index is 0.121. The van der Waals surface area contributed by atoms with E-state index in [4.69, 9.17) is 14.2 Å². The van der Waals surface area contributed by atoms with Crippen molar-refractivity contribution >= 4 is 5.69 Å². The molecule has 2 aliphatic rings. The van der Waals surface area contributed by atoms with Crippen molar-refractivity contribution in [3.63, 3.8) is 0 Å². The van der Waals surface area contributed by atoms with Crippen LogP contribution in [0.4, 0.5) is 5.69 Å². The minimum atomic E-state index is -0.301. The van der Waals surface area contributed by atoms with Crippen molar-refractivity contribution in [3.05, 3.63) is 18.3 Å². The van der Waals surface area contributed by atoms with Gasteiger partial charge >= 0.3 is 0 Å². The Kier molecular flexibility index (Phi) is 4.31. The van der Waals surface area contributed by atoms with Crippen LogP contribution in [0.3, 0.4) is 0 Å². The van der Waals surface area contributed by atoms with Gasteiger partial charge < -0.3 is 19.5 Å². The number of ether oxygens (including phenoxy) is 3. The Labute approximate surface area is 126 Å². The Bertz CT molecular complexity index is 462. The zero-order chi connectivity index (χ0) is 14.7. The summed E-state index contributed by atoms with van der Waals surface area (Å²) in [7, 11) is 0. The van der Waals surface area contributed by atoms with Crippen molar-refractivity contribution in [1.82, 2.24) is 4.98 Å². The molecule has 1 aromatic heterocycles. The van der Waals surface area contributed by atoms with Gasteiger partial charge in [0.05, 0.1) is 25.0 Å². The van der Waals surface area contributed by atoms with Crippen molar-refractivity contribution in [3.8, 4) is 5.88 Å². The third kappa shape index (κ3) is 3.47. The van der Waals surface area contributed by atoms with E-state index in [1.54, 1.807) is 6.20 Å². The van der Waals surface area contributed by atoms with E-state index in [0.29, 0.717) is 11.9 Å². The first-order valence-electron chi connectivity index (χ1n) is 7.83. The SMILES string of the molecule is CC(C)Oc1ncccc1NC1CCC2(CC1)OCCO2. The Morgan fingerprint density at radius 3 is 2.67 bits per heavy atom. The lowest BCUT2D eigenvalue weighted by Gasteiger charge is -2.36. The van der Waals surface area contributed by atoms with Gasteiger partial charge in [-0.05, 0) is 38.8 Å². The first-order valence-corrected chi connectivity index (χ1v) is 7.83. The molecule has 1 saturated heterocycles. The van der Waals surface area contributed by atoms with Crippen LogP contribution >= 0.6 is 0 Å². The number of nitrogens with zero attached hydrogens (tertiary/aromatic N) is 1. The van der Waals surface area contributed by atoms with Gasteiger partial charge in [-0.25, -0.2) is 4.98 Å². The van der Waals surface area contributed by atoms with Crippen LogP contribution in [0.2, 0.25) is 0 Å². The molecule has 1 spiro atoms. The highest BCUT2D eigenvalue weighted by atomic mass is 16.7. The highest BCUT2D eigenvalue weighted by Crippen LogP contribution is 2.37. The van der Waals surface area contributed by atoms with Crippen LogP contribution in [0.5, 0.6) is 5.88 Å². The van der Waals surface area contributed by atoms with Gasteiger partial charge in [0.1, 0.15) is 0 Å². The summed E-state index contributed by atoms with van der Waals surface area (Å²) < 4.78 is 17.3. The highest BCUT2D eigenvalue weighted by molar-refractivity contribution is 5.52. The van der Waals surface area contributed by atoms with Crippen molar-refractivity contribution in [1.29, 1.82) is 0 Å². The Hall–Kier alpha value is -1.33. The van der Waals surface area contributed by atoms with Gasteiger partial charge in [0.15, 0.2) is 5.79 Å². The summed E-state index contributed by atoms with van der Waals surface area (Å²) in [6.07, 6.45) is 5.86. The number of pyridine rings is 1. The molecule has 0 amide bonds. The largest absolute Gasteiger partial charge is 0.473 e. The predicted octanol–water partition coefficient (Wildman–Crippen LogP) is 2.97. The average Bonchev–Trinajstić information content (AvgIpc) is 2.92. The van der Waals surface area contributed by atoms with Gasteiger partial charge in [0.25, 0.3) is 0 Å². The normalized spacial score (nSPS) is 21.9. The molecule has 21 heavy (non-hydrogen) atoms. The monoisotopic (exact) mass is 292 g/mol. The Morgan fingerprint density at radius 2 is 2.00 bits per heavy atom. The second-order valence-electron chi connectivity index (χ2n) is 6.05. The topological polar surface area (TPSA) is 52.6 Å². The first kappa shape index (κ1) is 14.6. The summed E-state index contributed by atoms with van der Waals surface area (Å²) in [4.78, 5) is 4.32. The maximum absolute atomic E-state index is 5.77. The fourth-order valence-electron chi connectivity index (χ4n) is 3.03. The van der Waals surface area contributed by atoms with Gasteiger partial charge in [0.2, 0.25) is 5.88 Å². The molecule has 1 saturated carbocycles. The molecule has 0 atom stereocenters. The molecular weight excluding hydrogens is 268 g/mol. The molecular formula is C16H24N2O3. The van der Waals surface area contributed by atoms with E-state index in [0.717, 1.165) is 44.6 Å². The van der Waals surface area contributed by atoms with E-state index in [1.165, 1.54) is 0 Å². The summed E-state index contributed by atoms with van der Waals surface area (Å²) in [5, 5.41) is 3.56. The molecule has 0 unspecified atom stereocenters. The van der Waals surface area contributed by atoms with E-state index in [2.05, 4.69) is 10.3 Å². The number of rotatable bonds is 4. The fraction of sp³-hybridized carbons (Fsp3) is 0.688. The van der Waals surface area contributed by atoms with E-state index in [-0.39, 0.29) is 11.9 Å². The molecule has 1 aliphatic carbocycles. The number of anilines is 1. The summed E-state index contributed by atoms with van der Waals surface area (Å²) in [6, 6.07) is 4.38. The quantitative estimate of drug-likeness (QED) is 0.924. The number of hydrogen-bond donors (Lipinski definition) is 1. The van der Waals surface area contributed by atoms with Crippen LogP contribution in [0.15, 0.2) is 18.3 Å². The molecule has 0 radical (unpaired) electrons. The Morgan fingerprint density at radius 1 is 1.29 bits per heavy atom. The third-order valence-electron chi connectivity index (χ3n) is 4.04. The number of aromatic nitrogens is 1. The molecule has 1 N–H and O–H groups in total. The van der Waals surface area contributed by atoms with Crippen LogP contribution in [0.25, 0.3) is 0 Å². The van der Waals surface area contributed by atoms with E-state index >= 15 is 0 Å². The number of nitrogens with one attached hydrogen (secondary N) is 1. The molecule has 0 bridgehead atoms. The minimum Gasteiger partial charge on any atom is -0.473 e. The third-order valence-corrected chi connectivity index (χ3v) is 4.04. The van der Waals surface area contributed by atoms with Gasteiger partial charge in [-0.15, -0.1) is 0 Å². The van der Waals surface area contributed by atoms with Crippen LogP contribution in [-0.4, -0.2) is 36.1 Å². The molecule has 3 rings (SSSR count). The van der Waals surface area contributed by atoms with Crippen LogP contribution in [-0.2, 0) is 9.47 Å². The maximum Gasteiger partial charge on any atom is 0.237 e. The molecule has 116 valence electrons. The van der Waals surface area contributed by atoms with Gasteiger partial charge in [-0.2, -0.15) is 0 Å². The number of hydrogen-bond acceptors (Lipinski definition) is 5.